The van der Waals surface area contributed by atoms with Crippen LogP contribution in [0.25, 0.3) is 5.69 Å². The quantitative estimate of drug-likeness (QED) is 0.662. The van der Waals surface area contributed by atoms with Gasteiger partial charge in [-0.25, -0.2) is 4.39 Å². The molecule has 0 aliphatic heterocycles. The molecule has 2 aromatic carbocycles. The number of carbonyl (C=O) groups excluding carboxylic acids is 1. The summed E-state index contributed by atoms with van der Waals surface area (Å²) in [5.74, 6) is -0.468. The first-order valence-electron chi connectivity index (χ1n) is 8.27. The van der Waals surface area contributed by atoms with Crippen molar-refractivity contribution >= 4 is 18.1 Å². The van der Waals surface area contributed by atoms with Crippen molar-refractivity contribution in [3.8, 4) is 5.69 Å². The summed E-state index contributed by atoms with van der Waals surface area (Å²) in [6.07, 6.45) is 0. The van der Waals surface area contributed by atoms with Crippen LogP contribution in [-0.2, 0) is 0 Å². The molecular formula is C19H19FN4OS. The van der Waals surface area contributed by atoms with E-state index in [-0.39, 0.29) is 11.5 Å². The van der Waals surface area contributed by atoms with E-state index < -0.39 is 17.8 Å². The number of nitrogens with one attached hydrogen (secondary N) is 2. The van der Waals surface area contributed by atoms with Crippen molar-refractivity contribution in [2.24, 2.45) is 5.92 Å². The topological polar surface area (TPSA) is 62.7 Å². The number of nitrogens with zero attached hydrogens (tertiary/aromatic N) is 2. The van der Waals surface area contributed by atoms with Crippen LogP contribution >= 0.6 is 12.2 Å². The Kier molecular flexibility index (Phi) is 5.27. The number of halogens is 1. The van der Waals surface area contributed by atoms with Gasteiger partial charge in [0.25, 0.3) is 5.91 Å². The molecule has 26 heavy (non-hydrogen) atoms. The Balaban J connectivity index is 1.99. The molecule has 1 heterocycles. The molecule has 2 N–H and O–H groups in total. The molecule has 1 amide bonds. The Bertz CT molecular complexity index is 965. The highest BCUT2D eigenvalue weighted by molar-refractivity contribution is 7.71. The number of aromatic amines is 1. The maximum Gasteiger partial charge on any atom is 0.254 e. The first-order valence-corrected chi connectivity index (χ1v) is 8.68. The van der Waals surface area contributed by atoms with E-state index >= 15 is 0 Å². The van der Waals surface area contributed by atoms with Crippen LogP contribution in [0.2, 0.25) is 0 Å². The van der Waals surface area contributed by atoms with E-state index in [9.17, 15) is 9.18 Å². The predicted molar refractivity (Wildman–Crippen MR) is 100 cm³/mol. The third-order valence-corrected chi connectivity index (χ3v) is 4.34. The summed E-state index contributed by atoms with van der Waals surface area (Å²) in [6.45, 7) is 3.92. The van der Waals surface area contributed by atoms with E-state index in [4.69, 9.17) is 12.2 Å². The number of carbonyl (C=O) groups is 1. The van der Waals surface area contributed by atoms with Crippen LogP contribution in [0.3, 0.4) is 0 Å². The van der Waals surface area contributed by atoms with Gasteiger partial charge in [-0.05, 0) is 42.4 Å². The van der Waals surface area contributed by atoms with Crippen molar-refractivity contribution in [1.82, 2.24) is 20.1 Å². The Morgan fingerprint density at radius 3 is 2.46 bits per heavy atom. The van der Waals surface area contributed by atoms with E-state index in [1.54, 1.807) is 16.7 Å². The molecule has 0 spiro atoms. The maximum atomic E-state index is 13.9. The lowest BCUT2D eigenvalue weighted by atomic mass is 10.0. The second kappa shape index (κ2) is 7.61. The Labute approximate surface area is 155 Å². The highest BCUT2D eigenvalue weighted by atomic mass is 32.1. The van der Waals surface area contributed by atoms with Gasteiger partial charge >= 0.3 is 0 Å². The van der Waals surface area contributed by atoms with E-state index in [0.717, 1.165) is 5.69 Å². The van der Waals surface area contributed by atoms with E-state index in [2.05, 4.69) is 15.5 Å². The smallest absolute Gasteiger partial charge is 0.254 e. The van der Waals surface area contributed by atoms with Crippen molar-refractivity contribution in [1.29, 1.82) is 0 Å². The number of hydrogen-bond donors (Lipinski definition) is 2. The predicted octanol–water partition coefficient (Wildman–Crippen LogP) is 4.20. The van der Waals surface area contributed by atoms with Crippen molar-refractivity contribution in [2.45, 2.75) is 19.9 Å². The van der Waals surface area contributed by atoms with Gasteiger partial charge in [0.1, 0.15) is 5.82 Å². The SMILES string of the molecule is CC(C)C(NC(=O)c1ccccc1F)c1n[nH]c(=S)n1-c1ccccc1. The molecular weight excluding hydrogens is 351 g/mol. The van der Waals surface area contributed by atoms with Crippen LogP contribution in [0.4, 0.5) is 4.39 Å². The zero-order valence-electron chi connectivity index (χ0n) is 14.4. The monoisotopic (exact) mass is 370 g/mol. The van der Waals surface area contributed by atoms with Crippen LogP contribution < -0.4 is 5.32 Å². The highest BCUT2D eigenvalue weighted by Gasteiger charge is 2.26. The number of rotatable bonds is 5. The van der Waals surface area contributed by atoms with Crippen LogP contribution in [-0.4, -0.2) is 20.7 Å². The number of H-pyrrole nitrogens is 1. The average molecular weight is 370 g/mol. The van der Waals surface area contributed by atoms with Gasteiger partial charge in [-0.15, -0.1) is 0 Å². The van der Waals surface area contributed by atoms with Gasteiger partial charge in [-0.1, -0.05) is 44.2 Å². The number of para-hydroxylation sites is 1. The molecule has 5 nitrogen and oxygen atoms in total. The second-order valence-electron chi connectivity index (χ2n) is 6.23. The molecule has 134 valence electrons. The minimum atomic E-state index is -0.561. The van der Waals surface area contributed by atoms with Gasteiger partial charge in [0.2, 0.25) is 0 Å². The normalized spacial score (nSPS) is 12.2. The summed E-state index contributed by atoms with van der Waals surface area (Å²) >= 11 is 5.36. The molecule has 0 bridgehead atoms. The molecule has 0 saturated heterocycles. The largest absolute Gasteiger partial charge is 0.342 e. The first kappa shape index (κ1) is 18.0. The molecule has 7 heteroatoms. The molecule has 3 aromatic rings. The molecule has 0 aliphatic rings. The van der Waals surface area contributed by atoms with Crippen molar-refractivity contribution < 1.29 is 9.18 Å². The van der Waals surface area contributed by atoms with Gasteiger partial charge in [0.05, 0.1) is 11.6 Å². The Hall–Kier alpha value is -2.80. The summed E-state index contributed by atoms with van der Waals surface area (Å²) in [5, 5.41) is 9.99. The lowest BCUT2D eigenvalue weighted by Crippen LogP contribution is -2.34. The molecule has 1 aromatic heterocycles. The highest BCUT2D eigenvalue weighted by Crippen LogP contribution is 2.24. The lowest BCUT2D eigenvalue weighted by molar-refractivity contribution is 0.0918. The van der Waals surface area contributed by atoms with Gasteiger partial charge in [0, 0.05) is 5.69 Å². The number of hydrogen-bond acceptors (Lipinski definition) is 3. The van der Waals surface area contributed by atoms with Gasteiger partial charge in [-0.2, -0.15) is 5.10 Å². The van der Waals surface area contributed by atoms with Crippen molar-refractivity contribution in [3.63, 3.8) is 0 Å². The molecule has 3 rings (SSSR count). The van der Waals surface area contributed by atoms with E-state index in [0.29, 0.717) is 10.6 Å². The third kappa shape index (κ3) is 3.57. The van der Waals surface area contributed by atoms with E-state index in [1.165, 1.54) is 12.1 Å². The lowest BCUT2D eigenvalue weighted by Gasteiger charge is -2.22. The zero-order valence-corrected chi connectivity index (χ0v) is 15.3. The fourth-order valence-electron chi connectivity index (χ4n) is 2.74. The fraction of sp³-hybridized carbons (Fsp3) is 0.211. The minimum absolute atomic E-state index is 0.00135. The molecule has 0 fully saturated rings. The summed E-state index contributed by atoms with van der Waals surface area (Å²) < 4.78 is 16.1. The summed E-state index contributed by atoms with van der Waals surface area (Å²) in [7, 11) is 0. The molecule has 1 atom stereocenters. The van der Waals surface area contributed by atoms with Gasteiger partial charge < -0.3 is 5.32 Å². The number of amides is 1. The van der Waals surface area contributed by atoms with E-state index in [1.807, 2.05) is 44.2 Å². The summed E-state index contributed by atoms with van der Waals surface area (Å²) in [5.41, 5.74) is 0.839. The van der Waals surface area contributed by atoms with Gasteiger partial charge in [-0.3, -0.25) is 14.5 Å². The molecule has 1 unspecified atom stereocenters. The average Bonchev–Trinajstić information content (AvgIpc) is 3.01. The minimum Gasteiger partial charge on any atom is -0.342 e. The van der Waals surface area contributed by atoms with Crippen LogP contribution in [0.1, 0.15) is 36.1 Å². The summed E-state index contributed by atoms with van der Waals surface area (Å²) in [6, 6.07) is 15.0. The Morgan fingerprint density at radius 1 is 1.15 bits per heavy atom. The van der Waals surface area contributed by atoms with Crippen molar-refractivity contribution in [2.75, 3.05) is 0 Å². The number of benzene rings is 2. The maximum absolute atomic E-state index is 13.9. The first-order chi connectivity index (χ1) is 12.5. The molecule has 0 radical (unpaired) electrons. The van der Waals surface area contributed by atoms with Crippen LogP contribution in [0.15, 0.2) is 54.6 Å². The molecule has 0 saturated carbocycles. The van der Waals surface area contributed by atoms with Crippen LogP contribution in [0, 0.1) is 16.5 Å². The standard InChI is InChI=1S/C19H19FN4OS/c1-12(2)16(21-18(25)14-10-6-7-11-15(14)20)17-22-23-19(26)24(17)13-8-4-3-5-9-13/h3-12,16H,1-2H3,(H,21,25)(H,23,26). The Morgan fingerprint density at radius 2 is 1.81 bits per heavy atom. The second-order valence-corrected chi connectivity index (χ2v) is 6.62. The zero-order chi connectivity index (χ0) is 18.7. The fourth-order valence-corrected chi connectivity index (χ4v) is 2.98. The van der Waals surface area contributed by atoms with Crippen molar-refractivity contribution in [3.05, 3.63) is 76.6 Å². The van der Waals surface area contributed by atoms with Crippen LogP contribution in [0.5, 0.6) is 0 Å². The molecule has 0 aliphatic carbocycles. The third-order valence-electron chi connectivity index (χ3n) is 4.06. The van der Waals surface area contributed by atoms with Gasteiger partial charge in [0.15, 0.2) is 10.6 Å². The summed E-state index contributed by atoms with van der Waals surface area (Å²) in [4.78, 5) is 12.6. The number of aromatic nitrogens is 3.